The number of aryl methyl sites for hydroxylation is 2. The summed E-state index contributed by atoms with van der Waals surface area (Å²) in [5, 5.41) is 4.19. The molecule has 1 aliphatic rings. The topological polar surface area (TPSA) is 46.9 Å². The second kappa shape index (κ2) is 5.06. The van der Waals surface area contributed by atoms with Crippen molar-refractivity contribution >= 4 is 21.6 Å². The van der Waals surface area contributed by atoms with Gasteiger partial charge in [-0.2, -0.15) is 0 Å². The average molecular weight is 277 g/mol. The Hall–Kier alpha value is -1.20. The predicted molar refractivity (Wildman–Crippen MR) is 79.1 cm³/mol. The van der Waals surface area contributed by atoms with Crippen LogP contribution >= 0.6 is 11.3 Å². The Morgan fingerprint density at radius 2 is 2.21 bits per heavy atom. The van der Waals surface area contributed by atoms with Gasteiger partial charge in [-0.3, -0.25) is 9.36 Å². The van der Waals surface area contributed by atoms with Crippen LogP contribution in [0.15, 0.2) is 11.1 Å². The van der Waals surface area contributed by atoms with E-state index < -0.39 is 0 Å². The molecule has 0 amide bonds. The van der Waals surface area contributed by atoms with Crippen LogP contribution in [0.3, 0.4) is 0 Å². The summed E-state index contributed by atoms with van der Waals surface area (Å²) >= 11 is 1.64. The van der Waals surface area contributed by atoms with Gasteiger partial charge in [-0.05, 0) is 44.8 Å². The highest BCUT2D eigenvalue weighted by atomic mass is 32.1. The molecule has 0 unspecified atom stereocenters. The molecule has 19 heavy (non-hydrogen) atoms. The van der Waals surface area contributed by atoms with E-state index >= 15 is 0 Å². The lowest BCUT2D eigenvalue weighted by molar-refractivity contribution is 0.359. The van der Waals surface area contributed by atoms with Gasteiger partial charge in [0.25, 0.3) is 5.56 Å². The monoisotopic (exact) mass is 277 g/mol. The fourth-order valence-corrected chi connectivity index (χ4v) is 4.01. The highest BCUT2D eigenvalue weighted by Crippen LogP contribution is 2.28. The highest BCUT2D eigenvalue weighted by molar-refractivity contribution is 7.18. The van der Waals surface area contributed by atoms with E-state index in [4.69, 9.17) is 0 Å². The van der Waals surface area contributed by atoms with Crippen molar-refractivity contribution in [1.82, 2.24) is 14.9 Å². The first kappa shape index (κ1) is 12.8. The van der Waals surface area contributed by atoms with E-state index in [-0.39, 0.29) is 5.56 Å². The number of aromatic nitrogens is 2. The van der Waals surface area contributed by atoms with Gasteiger partial charge in [-0.1, -0.05) is 6.92 Å². The van der Waals surface area contributed by atoms with Crippen molar-refractivity contribution in [3.05, 3.63) is 27.1 Å². The molecule has 1 fully saturated rings. The van der Waals surface area contributed by atoms with Gasteiger partial charge >= 0.3 is 0 Å². The number of rotatable bonds is 2. The second-order valence-corrected chi connectivity index (χ2v) is 6.31. The first-order valence-corrected chi connectivity index (χ1v) is 7.73. The van der Waals surface area contributed by atoms with Gasteiger partial charge < -0.3 is 5.32 Å². The summed E-state index contributed by atoms with van der Waals surface area (Å²) in [5.74, 6) is 0. The molecule has 0 bridgehead atoms. The summed E-state index contributed by atoms with van der Waals surface area (Å²) in [6, 6.07) is 0.301. The number of thiophene rings is 1. The van der Waals surface area contributed by atoms with Crippen molar-refractivity contribution in [2.75, 3.05) is 13.1 Å². The standard InChI is InChI=1S/C14H19N3OS/c1-3-11-9(2)19-13-12(11)14(18)17(8-16-13)10-4-6-15-7-5-10/h8,10,15H,3-7H2,1-2H3. The molecule has 0 spiro atoms. The van der Waals surface area contributed by atoms with Crippen LogP contribution in [0.4, 0.5) is 0 Å². The van der Waals surface area contributed by atoms with E-state index in [0.717, 1.165) is 42.6 Å². The van der Waals surface area contributed by atoms with E-state index in [0.29, 0.717) is 6.04 Å². The van der Waals surface area contributed by atoms with E-state index in [1.807, 2.05) is 4.57 Å². The molecule has 102 valence electrons. The minimum atomic E-state index is 0.151. The Balaban J connectivity index is 2.16. The molecule has 1 N–H and O–H groups in total. The summed E-state index contributed by atoms with van der Waals surface area (Å²) in [6.45, 7) is 6.16. The fraction of sp³-hybridized carbons (Fsp3) is 0.571. The lowest BCUT2D eigenvalue weighted by atomic mass is 10.1. The first-order valence-electron chi connectivity index (χ1n) is 6.92. The van der Waals surface area contributed by atoms with Gasteiger partial charge in [0.2, 0.25) is 0 Å². The molecule has 5 heteroatoms. The molecule has 4 nitrogen and oxygen atoms in total. The van der Waals surface area contributed by atoms with Gasteiger partial charge in [-0.25, -0.2) is 4.98 Å². The minimum absolute atomic E-state index is 0.151. The van der Waals surface area contributed by atoms with Crippen molar-refractivity contribution in [1.29, 1.82) is 0 Å². The zero-order chi connectivity index (χ0) is 13.4. The molecule has 0 aliphatic carbocycles. The third-order valence-corrected chi connectivity index (χ3v) is 5.05. The van der Waals surface area contributed by atoms with Gasteiger partial charge in [0, 0.05) is 10.9 Å². The van der Waals surface area contributed by atoms with Gasteiger partial charge in [0.15, 0.2) is 0 Å². The van der Waals surface area contributed by atoms with Crippen LogP contribution in [0, 0.1) is 6.92 Å². The highest BCUT2D eigenvalue weighted by Gasteiger charge is 2.20. The summed E-state index contributed by atoms with van der Waals surface area (Å²) in [5.41, 5.74) is 1.33. The second-order valence-electron chi connectivity index (χ2n) is 5.11. The molecular formula is C14H19N3OS. The molecule has 3 heterocycles. The van der Waals surface area contributed by atoms with Crippen LogP contribution < -0.4 is 10.9 Å². The summed E-state index contributed by atoms with van der Waals surface area (Å²) in [7, 11) is 0. The Morgan fingerprint density at radius 3 is 2.89 bits per heavy atom. The van der Waals surface area contributed by atoms with Crippen molar-refractivity contribution < 1.29 is 0 Å². The molecule has 0 saturated carbocycles. The van der Waals surface area contributed by atoms with Crippen molar-refractivity contribution in [3.63, 3.8) is 0 Å². The van der Waals surface area contributed by atoms with E-state index in [9.17, 15) is 4.79 Å². The van der Waals surface area contributed by atoms with Gasteiger partial charge in [0.05, 0.1) is 11.7 Å². The predicted octanol–water partition coefficient (Wildman–Crippen LogP) is 2.25. The number of nitrogens with one attached hydrogen (secondary N) is 1. The minimum Gasteiger partial charge on any atom is -0.317 e. The third-order valence-electron chi connectivity index (χ3n) is 3.99. The zero-order valence-electron chi connectivity index (χ0n) is 11.4. The number of piperidine rings is 1. The number of nitrogens with zero attached hydrogens (tertiary/aromatic N) is 2. The van der Waals surface area contributed by atoms with Crippen LogP contribution in [0.2, 0.25) is 0 Å². The van der Waals surface area contributed by atoms with Crippen molar-refractivity contribution in [2.45, 2.75) is 39.2 Å². The smallest absolute Gasteiger partial charge is 0.262 e. The molecule has 0 atom stereocenters. The summed E-state index contributed by atoms with van der Waals surface area (Å²) in [6.07, 6.45) is 4.67. The van der Waals surface area contributed by atoms with Gasteiger partial charge in [0.1, 0.15) is 4.83 Å². The van der Waals surface area contributed by atoms with Gasteiger partial charge in [-0.15, -0.1) is 11.3 Å². The summed E-state index contributed by atoms with van der Waals surface area (Å²) in [4.78, 5) is 19.4. The SMILES string of the molecule is CCc1c(C)sc2ncn(C3CCNCC3)c(=O)c12. The molecule has 2 aromatic heterocycles. The van der Waals surface area contributed by atoms with Crippen molar-refractivity contribution in [3.8, 4) is 0 Å². The Morgan fingerprint density at radius 1 is 1.47 bits per heavy atom. The number of hydrogen-bond donors (Lipinski definition) is 1. The quantitative estimate of drug-likeness (QED) is 0.916. The lowest BCUT2D eigenvalue weighted by Crippen LogP contribution is -2.34. The molecule has 2 aromatic rings. The maximum absolute atomic E-state index is 12.7. The molecule has 3 rings (SSSR count). The number of hydrogen-bond acceptors (Lipinski definition) is 4. The Labute approximate surface area is 116 Å². The molecule has 1 aliphatic heterocycles. The fourth-order valence-electron chi connectivity index (χ4n) is 2.94. The molecule has 1 saturated heterocycles. The Bertz CT molecular complexity index is 652. The maximum atomic E-state index is 12.7. The van der Waals surface area contributed by atoms with E-state index in [2.05, 4.69) is 24.1 Å². The molecule has 0 aromatic carbocycles. The van der Waals surface area contributed by atoms with Crippen LogP contribution in [-0.2, 0) is 6.42 Å². The van der Waals surface area contributed by atoms with Crippen LogP contribution in [0.25, 0.3) is 10.2 Å². The average Bonchev–Trinajstić information content (AvgIpc) is 2.76. The van der Waals surface area contributed by atoms with Crippen LogP contribution in [0.5, 0.6) is 0 Å². The van der Waals surface area contributed by atoms with E-state index in [1.165, 1.54) is 10.4 Å². The van der Waals surface area contributed by atoms with Crippen LogP contribution in [0.1, 0.15) is 36.2 Å². The van der Waals surface area contributed by atoms with E-state index in [1.54, 1.807) is 17.7 Å². The van der Waals surface area contributed by atoms with Crippen molar-refractivity contribution in [2.24, 2.45) is 0 Å². The third kappa shape index (κ3) is 2.11. The zero-order valence-corrected chi connectivity index (χ0v) is 12.2. The maximum Gasteiger partial charge on any atom is 0.262 e. The molecule has 0 radical (unpaired) electrons. The van der Waals surface area contributed by atoms with Crippen LogP contribution in [-0.4, -0.2) is 22.6 Å². The number of fused-ring (bicyclic) bond motifs is 1. The normalized spacial score (nSPS) is 17.2. The largest absolute Gasteiger partial charge is 0.317 e. The lowest BCUT2D eigenvalue weighted by Gasteiger charge is -2.24. The summed E-state index contributed by atoms with van der Waals surface area (Å²) < 4.78 is 1.86. The molecular weight excluding hydrogens is 258 g/mol. The first-order chi connectivity index (χ1) is 9.22. The Kier molecular flexibility index (Phi) is 3.41.